The van der Waals surface area contributed by atoms with Crippen LogP contribution in [0, 0.1) is 0 Å². The van der Waals surface area contributed by atoms with E-state index in [0.717, 1.165) is 25.6 Å². The van der Waals surface area contributed by atoms with Crippen molar-refractivity contribution in [2.75, 3.05) is 26.7 Å². The van der Waals surface area contributed by atoms with Crippen molar-refractivity contribution in [2.45, 2.75) is 24.8 Å². The van der Waals surface area contributed by atoms with Crippen molar-refractivity contribution in [3.8, 4) is 0 Å². The summed E-state index contributed by atoms with van der Waals surface area (Å²) in [4.78, 5) is 8.51. The lowest BCUT2D eigenvalue weighted by Crippen LogP contribution is -2.43. The third-order valence-corrected chi connectivity index (χ3v) is 4.35. The Morgan fingerprint density at radius 3 is 3.13 bits per heavy atom. The summed E-state index contributed by atoms with van der Waals surface area (Å²) in [5, 5.41) is 3.48. The van der Waals surface area contributed by atoms with Crippen LogP contribution in [0.1, 0.15) is 35.4 Å². The van der Waals surface area contributed by atoms with Crippen LogP contribution in [-0.4, -0.2) is 36.6 Å². The predicted octanol–water partition coefficient (Wildman–Crippen LogP) is 1.60. The van der Waals surface area contributed by atoms with Crippen LogP contribution in [0.3, 0.4) is 0 Å². The molecule has 1 saturated carbocycles. The van der Waals surface area contributed by atoms with Gasteiger partial charge in [0.15, 0.2) is 0 Å². The van der Waals surface area contributed by atoms with Gasteiger partial charge in [-0.1, -0.05) is 0 Å². The Labute approximate surface area is 94.5 Å². The molecule has 2 fully saturated rings. The third-order valence-electron chi connectivity index (χ3n) is 3.40. The second-order valence-electron chi connectivity index (χ2n) is 4.58. The molecule has 2 aliphatic rings. The lowest BCUT2D eigenvalue weighted by molar-refractivity contribution is 0.204. The summed E-state index contributed by atoms with van der Waals surface area (Å²) < 4.78 is 0. The highest BCUT2D eigenvalue weighted by molar-refractivity contribution is 7.09. The first-order chi connectivity index (χ1) is 7.36. The number of nitrogens with zero attached hydrogens (tertiary/aromatic N) is 2. The molecule has 1 aliphatic carbocycles. The molecule has 0 amide bonds. The zero-order chi connectivity index (χ0) is 10.3. The van der Waals surface area contributed by atoms with Gasteiger partial charge < -0.3 is 5.32 Å². The van der Waals surface area contributed by atoms with E-state index in [1.165, 1.54) is 23.4 Å². The van der Waals surface area contributed by atoms with Crippen molar-refractivity contribution in [2.24, 2.45) is 0 Å². The Balaban J connectivity index is 1.86. The average Bonchev–Trinajstić information content (AvgIpc) is 2.98. The van der Waals surface area contributed by atoms with E-state index in [2.05, 4.69) is 22.2 Å². The van der Waals surface area contributed by atoms with Gasteiger partial charge in [0.25, 0.3) is 0 Å². The van der Waals surface area contributed by atoms with Gasteiger partial charge in [0.2, 0.25) is 0 Å². The molecule has 0 bridgehead atoms. The van der Waals surface area contributed by atoms with Gasteiger partial charge in [-0.25, -0.2) is 4.98 Å². The molecule has 3 nitrogen and oxygen atoms in total. The lowest BCUT2D eigenvalue weighted by atomic mass is 10.1. The fourth-order valence-corrected chi connectivity index (χ4v) is 3.32. The molecule has 1 unspecified atom stereocenters. The van der Waals surface area contributed by atoms with Gasteiger partial charge in [0.05, 0.1) is 17.2 Å². The molecule has 1 aromatic rings. The molecule has 0 spiro atoms. The fourth-order valence-electron chi connectivity index (χ4n) is 2.28. The quantitative estimate of drug-likeness (QED) is 0.825. The molecular weight excluding hydrogens is 206 g/mol. The van der Waals surface area contributed by atoms with Gasteiger partial charge >= 0.3 is 0 Å². The maximum Gasteiger partial charge on any atom is 0.0798 e. The minimum atomic E-state index is 0.557. The molecule has 1 saturated heterocycles. The first-order valence-electron chi connectivity index (χ1n) is 5.70. The number of nitrogens with one attached hydrogen (secondary N) is 1. The maximum atomic E-state index is 4.55. The van der Waals surface area contributed by atoms with Gasteiger partial charge in [-0.05, 0) is 19.9 Å². The standard InChI is InChI=1S/C11H17N3S/c1-14-5-4-12-6-9(14)11-10(8-2-3-8)13-7-15-11/h7-9,12H,2-6H2,1H3. The van der Waals surface area contributed by atoms with Crippen LogP contribution in [0.5, 0.6) is 0 Å². The van der Waals surface area contributed by atoms with Crippen LogP contribution in [0.15, 0.2) is 5.51 Å². The normalized spacial score (nSPS) is 28.2. The molecule has 1 N–H and O–H groups in total. The number of aromatic nitrogens is 1. The van der Waals surface area contributed by atoms with Crippen LogP contribution < -0.4 is 5.32 Å². The van der Waals surface area contributed by atoms with Gasteiger partial charge in [0.1, 0.15) is 0 Å². The second kappa shape index (κ2) is 3.85. The number of rotatable bonds is 2. The van der Waals surface area contributed by atoms with E-state index in [0.29, 0.717) is 6.04 Å². The lowest BCUT2D eigenvalue weighted by Gasteiger charge is -2.32. The van der Waals surface area contributed by atoms with Crippen LogP contribution in [0.25, 0.3) is 0 Å². The topological polar surface area (TPSA) is 28.2 Å². The van der Waals surface area contributed by atoms with Crippen molar-refractivity contribution in [1.29, 1.82) is 0 Å². The van der Waals surface area contributed by atoms with Gasteiger partial charge in [0, 0.05) is 30.4 Å². The zero-order valence-corrected chi connectivity index (χ0v) is 9.89. The Kier molecular flexibility index (Phi) is 2.50. The first-order valence-corrected chi connectivity index (χ1v) is 6.58. The number of piperazine rings is 1. The number of likely N-dealkylation sites (N-methyl/N-ethyl adjacent to an activating group) is 1. The van der Waals surface area contributed by atoms with E-state index in [1.807, 2.05) is 16.8 Å². The number of hydrogen-bond donors (Lipinski definition) is 1. The molecule has 1 aromatic heterocycles. The van der Waals surface area contributed by atoms with Crippen molar-refractivity contribution < 1.29 is 0 Å². The third kappa shape index (κ3) is 1.82. The molecule has 0 radical (unpaired) electrons. The highest BCUT2D eigenvalue weighted by Gasteiger charge is 2.32. The van der Waals surface area contributed by atoms with Crippen molar-refractivity contribution in [3.05, 3.63) is 16.1 Å². The summed E-state index contributed by atoms with van der Waals surface area (Å²) in [5.74, 6) is 0.779. The molecule has 15 heavy (non-hydrogen) atoms. The monoisotopic (exact) mass is 223 g/mol. The van der Waals surface area contributed by atoms with Crippen molar-refractivity contribution >= 4 is 11.3 Å². The van der Waals surface area contributed by atoms with Crippen LogP contribution in [0.4, 0.5) is 0 Å². The van der Waals surface area contributed by atoms with Gasteiger partial charge in [-0.2, -0.15) is 0 Å². The van der Waals surface area contributed by atoms with E-state index in [1.54, 1.807) is 0 Å². The minimum Gasteiger partial charge on any atom is -0.314 e. The highest BCUT2D eigenvalue weighted by atomic mass is 32.1. The molecule has 0 aromatic carbocycles. The molecule has 4 heteroatoms. The van der Waals surface area contributed by atoms with E-state index < -0.39 is 0 Å². The number of hydrogen-bond acceptors (Lipinski definition) is 4. The summed E-state index contributed by atoms with van der Waals surface area (Å²) in [6, 6.07) is 0.557. The first kappa shape index (κ1) is 9.75. The summed E-state index contributed by atoms with van der Waals surface area (Å²) >= 11 is 1.84. The molecule has 82 valence electrons. The van der Waals surface area contributed by atoms with Crippen molar-refractivity contribution in [1.82, 2.24) is 15.2 Å². The molecular formula is C11H17N3S. The fraction of sp³-hybridized carbons (Fsp3) is 0.727. The molecule has 1 aliphatic heterocycles. The Hall–Kier alpha value is -0.450. The van der Waals surface area contributed by atoms with Crippen molar-refractivity contribution in [3.63, 3.8) is 0 Å². The second-order valence-corrected chi connectivity index (χ2v) is 5.46. The summed E-state index contributed by atoms with van der Waals surface area (Å²) in [6.45, 7) is 3.34. The smallest absolute Gasteiger partial charge is 0.0798 e. The number of thiazole rings is 1. The maximum absolute atomic E-state index is 4.55. The summed E-state index contributed by atoms with van der Waals surface area (Å²) in [5.41, 5.74) is 3.41. The largest absolute Gasteiger partial charge is 0.314 e. The molecule has 1 atom stereocenters. The van der Waals surface area contributed by atoms with E-state index in [-0.39, 0.29) is 0 Å². The minimum absolute atomic E-state index is 0.557. The van der Waals surface area contributed by atoms with Crippen LogP contribution in [-0.2, 0) is 0 Å². The van der Waals surface area contributed by atoms with E-state index in [9.17, 15) is 0 Å². The summed E-state index contributed by atoms with van der Waals surface area (Å²) in [6.07, 6.45) is 2.70. The van der Waals surface area contributed by atoms with E-state index >= 15 is 0 Å². The molecule has 3 rings (SSSR count). The van der Waals surface area contributed by atoms with Gasteiger partial charge in [-0.3, -0.25) is 4.90 Å². The average molecular weight is 223 g/mol. The Morgan fingerprint density at radius 2 is 2.40 bits per heavy atom. The van der Waals surface area contributed by atoms with Crippen LogP contribution in [0.2, 0.25) is 0 Å². The van der Waals surface area contributed by atoms with Crippen LogP contribution >= 0.6 is 11.3 Å². The highest BCUT2D eigenvalue weighted by Crippen LogP contribution is 2.44. The Morgan fingerprint density at radius 1 is 1.53 bits per heavy atom. The zero-order valence-electron chi connectivity index (χ0n) is 9.07. The predicted molar refractivity (Wildman–Crippen MR) is 62.3 cm³/mol. The SMILES string of the molecule is CN1CCNCC1c1scnc1C1CC1. The summed E-state index contributed by atoms with van der Waals surface area (Å²) in [7, 11) is 2.22. The van der Waals surface area contributed by atoms with Gasteiger partial charge in [-0.15, -0.1) is 11.3 Å². The van der Waals surface area contributed by atoms with E-state index in [4.69, 9.17) is 0 Å². The molecule has 2 heterocycles. The Bertz CT molecular complexity index is 345.